The molecule has 2 aromatic rings. The largest absolute Gasteiger partial charge is 0.394 e. The van der Waals surface area contributed by atoms with Gasteiger partial charge in [-0.1, -0.05) is 22.9 Å². The summed E-state index contributed by atoms with van der Waals surface area (Å²) in [6.45, 7) is 3.07. The minimum atomic E-state index is -0.143. The maximum atomic E-state index is 9.59. The zero-order valence-electron chi connectivity index (χ0n) is 10.9. The third kappa shape index (κ3) is 3.58. The van der Waals surface area contributed by atoms with Crippen LogP contribution in [0.3, 0.4) is 0 Å². The van der Waals surface area contributed by atoms with Crippen LogP contribution in [0.5, 0.6) is 0 Å². The van der Waals surface area contributed by atoms with Gasteiger partial charge >= 0.3 is 0 Å². The molecule has 1 aromatic carbocycles. The molecule has 0 bridgehead atoms. The Morgan fingerprint density at radius 2 is 2.11 bits per heavy atom. The zero-order chi connectivity index (χ0) is 13.7. The number of halogens is 1. The number of anilines is 1. The molecule has 0 aliphatic carbocycles. The molecule has 1 atom stereocenters. The highest BCUT2D eigenvalue weighted by Crippen LogP contribution is 2.21. The van der Waals surface area contributed by atoms with E-state index in [4.69, 9.17) is 0 Å². The van der Waals surface area contributed by atoms with Crippen molar-refractivity contribution in [2.24, 2.45) is 0 Å². The second-order valence-electron chi connectivity index (χ2n) is 4.40. The van der Waals surface area contributed by atoms with E-state index in [0.717, 1.165) is 28.8 Å². The number of hydrogen-bond donors (Lipinski definition) is 2. The number of hydrogen-bond acceptors (Lipinski definition) is 3. The van der Waals surface area contributed by atoms with Gasteiger partial charge in [0.25, 0.3) is 0 Å². The Kier molecular flexibility index (Phi) is 4.99. The second-order valence-corrected chi connectivity index (χ2v) is 5.31. The Bertz CT molecular complexity index is 510. The molecule has 0 aliphatic heterocycles. The third-order valence-electron chi connectivity index (χ3n) is 2.93. The molecule has 1 aromatic heterocycles. The van der Waals surface area contributed by atoms with E-state index in [1.165, 1.54) is 0 Å². The van der Waals surface area contributed by atoms with Crippen LogP contribution in [0.4, 0.5) is 5.69 Å². The first kappa shape index (κ1) is 14.1. The van der Waals surface area contributed by atoms with E-state index in [1.807, 2.05) is 36.8 Å². The van der Waals surface area contributed by atoms with E-state index in [2.05, 4.69) is 37.7 Å². The smallest absolute Gasteiger partial charge is 0.0948 e. The van der Waals surface area contributed by atoms with Crippen molar-refractivity contribution in [1.82, 2.24) is 9.55 Å². The predicted molar refractivity (Wildman–Crippen MR) is 80.1 cm³/mol. The Balaban J connectivity index is 2.15. The van der Waals surface area contributed by atoms with Gasteiger partial charge < -0.3 is 15.0 Å². The Labute approximate surface area is 121 Å². The van der Waals surface area contributed by atoms with E-state index in [0.29, 0.717) is 0 Å². The first-order chi connectivity index (χ1) is 9.24. The summed E-state index contributed by atoms with van der Waals surface area (Å²) in [6.07, 6.45) is 4.66. The molecular formula is C14H18BrN3O. The van der Waals surface area contributed by atoms with Crippen molar-refractivity contribution in [3.63, 3.8) is 0 Å². The molecule has 1 unspecified atom stereocenters. The number of imidazole rings is 1. The third-order valence-corrected chi connectivity index (χ3v) is 3.46. The first-order valence-corrected chi connectivity index (χ1v) is 7.17. The number of benzene rings is 1. The van der Waals surface area contributed by atoms with Crippen molar-refractivity contribution >= 4 is 21.6 Å². The van der Waals surface area contributed by atoms with E-state index in [1.54, 1.807) is 0 Å². The average molecular weight is 324 g/mol. The van der Waals surface area contributed by atoms with E-state index >= 15 is 0 Å². The van der Waals surface area contributed by atoms with Gasteiger partial charge in [0.2, 0.25) is 0 Å². The zero-order valence-corrected chi connectivity index (χ0v) is 12.5. The van der Waals surface area contributed by atoms with Crippen molar-refractivity contribution in [2.75, 3.05) is 11.9 Å². The highest BCUT2D eigenvalue weighted by atomic mass is 79.9. The van der Waals surface area contributed by atoms with Gasteiger partial charge in [0.05, 0.1) is 30.9 Å². The van der Waals surface area contributed by atoms with Gasteiger partial charge in [-0.05, 0) is 30.7 Å². The lowest BCUT2D eigenvalue weighted by atomic mass is 10.2. The van der Waals surface area contributed by atoms with Crippen LogP contribution in [0.15, 0.2) is 41.3 Å². The minimum absolute atomic E-state index is 0.0332. The SMILES string of the molecule is CCCn1cncc1C(CO)Nc1ccc(Br)cc1. The fraction of sp³-hybridized carbons (Fsp3) is 0.357. The van der Waals surface area contributed by atoms with Gasteiger partial charge in [0.1, 0.15) is 0 Å². The normalized spacial score (nSPS) is 12.4. The van der Waals surface area contributed by atoms with Gasteiger partial charge in [-0.3, -0.25) is 0 Å². The molecule has 4 nitrogen and oxygen atoms in total. The highest BCUT2D eigenvalue weighted by molar-refractivity contribution is 9.10. The molecule has 0 fully saturated rings. The molecular weight excluding hydrogens is 306 g/mol. The maximum absolute atomic E-state index is 9.59. The molecule has 2 rings (SSSR count). The van der Waals surface area contributed by atoms with Crippen LogP contribution in [0.1, 0.15) is 25.1 Å². The summed E-state index contributed by atoms with van der Waals surface area (Å²) in [5.74, 6) is 0. The molecule has 0 saturated heterocycles. The fourth-order valence-corrected chi connectivity index (χ4v) is 2.27. The number of nitrogens with zero attached hydrogens (tertiary/aromatic N) is 2. The summed E-state index contributed by atoms with van der Waals surface area (Å²) in [5.41, 5.74) is 1.98. The summed E-state index contributed by atoms with van der Waals surface area (Å²) in [4.78, 5) is 4.17. The van der Waals surface area contributed by atoms with Crippen LogP contribution in [-0.2, 0) is 6.54 Å². The molecule has 0 saturated carbocycles. The maximum Gasteiger partial charge on any atom is 0.0948 e. The molecule has 102 valence electrons. The van der Waals surface area contributed by atoms with Crippen LogP contribution >= 0.6 is 15.9 Å². The quantitative estimate of drug-likeness (QED) is 0.858. The molecule has 0 radical (unpaired) electrons. The van der Waals surface area contributed by atoms with Crippen LogP contribution in [0.2, 0.25) is 0 Å². The topological polar surface area (TPSA) is 50.1 Å². The lowest BCUT2D eigenvalue weighted by Crippen LogP contribution is -2.18. The number of rotatable bonds is 6. The number of aryl methyl sites for hydroxylation is 1. The Hall–Kier alpha value is -1.33. The van der Waals surface area contributed by atoms with E-state index < -0.39 is 0 Å². The average Bonchev–Trinajstić information content (AvgIpc) is 2.87. The summed E-state index contributed by atoms with van der Waals surface area (Å²) in [7, 11) is 0. The summed E-state index contributed by atoms with van der Waals surface area (Å²) in [5, 5.41) is 12.9. The van der Waals surface area contributed by atoms with Gasteiger partial charge in [-0.25, -0.2) is 4.98 Å². The van der Waals surface area contributed by atoms with Gasteiger partial charge in [-0.2, -0.15) is 0 Å². The van der Waals surface area contributed by atoms with Crippen LogP contribution < -0.4 is 5.32 Å². The molecule has 5 heteroatoms. The Morgan fingerprint density at radius 1 is 1.37 bits per heavy atom. The van der Waals surface area contributed by atoms with Crippen molar-refractivity contribution < 1.29 is 5.11 Å². The molecule has 2 N–H and O–H groups in total. The fourth-order valence-electron chi connectivity index (χ4n) is 2.01. The van der Waals surface area contributed by atoms with E-state index in [-0.39, 0.29) is 12.6 Å². The molecule has 1 heterocycles. The predicted octanol–water partition coefficient (Wildman–Crippen LogP) is 3.20. The lowest BCUT2D eigenvalue weighted by Gasteiger charge is -2.19. The van der Waals surface area contributed by atoms with Crippen LogP contribution in [0, 0.1) is 0 Å². The van der Waals surface area contributed by atoms with Crippen LogP contribution in [0.25, 0.3) is 0 Å². The molecule has 0 amide bonds. The van der Waals surface area contributed by atoms with Crippen molar-refractivity contribution in [2.45, 2.75) is 25.9 Å². The monoisotopic (exact) mass is 323 g/mol. The van der Waals surface area contributed by atoms with Crippen molar-refractivity contribution in [3.8, 4) is 0 Å². The second kappa shape index (κ2) is 6.73. The van der Waals surface area contributed by atoms with Crippen LogP contribution in [-0.4, -0.2) is 21.3 Å². The van der Waals surface area contributed by atoms with E-state index in [9.17, 15) is 5.11 Å². The number of aliphatic hydroxyl groups excluding tert-OH is 1. The van der Waals surface area contributed by atoms with Crippen molar-refractivity contribution in [3.05, 3.63) is 47.0 Å². The molecule has 0 spiro atoms. The summed E-state index contributed by atoms with van der Waals surface area (Å²) in [6, 6.07) is 7.76. The highest BCUT2D eigenvalue weighted by Gasteiger charge is 2.14. The number of nitrogens with one attached hydrogen (secondary N) is 1. The Morgan fingerprint density at radius 3 is 2.74 bits per heavy atom. The number of aromatic nitrogens is 2. The lowest BCUT2D eigenvalue weighted by molar-refractivity contribution is 0.271. The summed E-state index contributed by atoms with van der Waals surface area (Å²) >= 11 is 3.41. The minimum Gasteiger partial charge on any atom is -0.394 e. The summed E-state index contributed by atoms with van der Waals surface area (Å²) < 4.78 is 3.11. The molecule has 19 heavy (non-hydrogen) atoms. The number of aliphatic hydroxyl groups is 1. The van der Waals surface area contributed by atoms with Gasteiger partial charge in [0, 0.05) is 16.7 Å². The van der Waals surface area contributed by atoms with Gasteiger partial charge in [-0.15, -0.1) is 0 Å². The van der Waals surface area contributed by atoms with Crippen molar-refractivity contribution in [1.29, 1.82) is 0 Å². The standard InChI is InChI=1S/C14H18BrN3O/c1-2-7-18-10-16-8-14(18)13(9-19)17-12-5-3-11(15)4-6-12/h3-6,8,10,13,17,19H,2,7,9H2,1H3. The molecule has 0 aliphatic rings. The van der Waals surface area contributed by atoms with Gasteiger partial charge in [0.15, 0.2) is 0 Å². The first-order valence-electron chi connectivity index (χ1n) is 6.37.